The first-order chi connectivity index (χ1) is 11.0. The topological polar surface area (TPSA) is 69.4 Å². The summed E-state index contributed by atoms with van der Waals surface area (Å²) in [6.07, 6.45) is 0. The summed E-state index contributed by atoms with van der Waals surface area (Å²) in [6, 6.07) is 13.8. The van der Waals surface area contributed by atoms with Crippen molar-refractivity contribution in [3.8, 4) is 5.75 Å². The van der Waals surface area contributed by atoms with Crippen LogP contribution in [-0.2, 0) is 9.84 Å². The molecule has 3 rings (SSSR count). The van der Waals surface area contributed by atoms with Gasteiger partial charge in [-0.05, 0) is 54.4 Å². The van der Waals surface area contributed by atoms with Gasteiger partial charge in [0.25, 0.3) is 0 Å². The molecule has 1 fully saturated rings. The van der Waals surface area contributed by atoms with Gasteiger partial charge in [0.1, 0.15) is 5.75 Å². The summed E-state index contributed by atoms with van der Waals surface area (Å²) in [5.74, 6) is 0.603. The van der Waals surface area contributed by atoms with Crippen molar-refractivity contribution in [3.05, 3.63) is 59.1 Å². The second-order valence-corrected chi connectivity index (χ2v) is 8.20. The molecule has 1 aliphatic carbocycles. The molecule has 6 heteroatoms. The molecule has 2 aromatic carbocycles. The lowest BCUT2D eigenvalue weighted by atomic mass is 10.1. The normalized spacial score (nSPS) is 23.5. The van der Waals surface area contributed by atoms with Gasteiger partial charge in [-0.25, -0.2) is 8.42 Å². The van der Waals surface area contributed by atoms with Crippen molar-refractivity contribution < 1.29 is 13.2 Å². The number of nitrogens with two attached hydrogens (primary N) is 1. The molecular formula is C17H18ClNO3S. The predicted molar refractivity (Wildman–Crippen MR) is 90.7 cm³/mol. The summed E-state index contributed by atoms with van der Waals surface area (Å²) in [6.45, 7) is 0.341. The number of methoxy groups -OCH3 is 1. The molecule has 0 aliphatic heterocycles. The average molecular weight is 352 g/mol. The standard InChI is InChI=1S/C17H18ClNO3S/c1-22-13-6-2-11(3-7-13)16-15(10-19)17(16)23(20,21)14-8-4-12(18)5-9-14/h2-9,15-17H,10,19H2,1H3/t15-,16-,17-/m1/s1. The monoisotopic (exact) mass is 351 g/mol. The zero-order valence-corrected chi connectivity index (χ0v) is 14.2. The molecule has 0 saturated heterocycles. The van der Waals surface area contributed by atoms with E-state index < -0.39 is 15.1 Å². The van der Waals surface area contributed by atoms with Crippen LogP contribution in [-0.4, -0.2) is 27.3 Å². The Morgan fingerprint density at radius 2 is 1.70 bits per heavy atom. The molecule has 0 spiro atoms. The molecule has 0 radical (unpaired) electrons. The quantitative estimate of drug-likeness (QED) is 0.899. The highest BCUT2D eigenvalue weighted by atomic mass is 35.5. The average Bonchev–Trinajstić information content (AvgIpc) is 3.31. The van der Waals surface area contributed by atoms with Gasteiger partial charge in [-0.15, -0.1) is 0 Å². The van der Waals surface area contributed by atoms with Gasteiger partial charge < -0.3 is 10.5 Å². The Morgan fingerprint density at radius 1 is 1.09 bits per heavy atom. The van der Waals surface area contributed by atoms with Crippen molar-refractivity contribution in [1.29, 1.82) is 0 Å². The SMILES string of the molecule is COc1ccc([C@@H]2[C@@H](CN)[C@H]2S(=O)(=O)c2ccc(Cl)cc2)cc1. The maximum Gasteiger partial charge on any atom is 0.182 e. The molecule has 1 aliphatic rings. The molecule has 2 N–H and O–H groups in total. The van der Waals surface area contributed by atoms with Crippen molar-refractivity contribution in [3.63, 3.8) is 0 Å². The van der Waals surface area contributed by atoms with Crippen LogP contribution in [0, 0.1) is 5.92 Å². The van der Waals surface area contributed by atoms with Crippen LogP contribution in [0.2, 0.25) is 5.02 Å². The van der Waals surface area contributed by atoms with Crippen molar-refractivity contribution in [2.45, 2.75) is 16.1 Å². The summed E-state index contributed by atoms with van der Waals surface area (Å²) < 4.78 is 30.9. The van der Waals surface area contributed by atoms with E-state index in [4.69, 9.17) is 22.1 Å². The van der Waals surface area contributed by atoms with E-state index in [0.29, 0.717) is 16.5 Å². The van der Waals surface area contributed by atoms with Crippen LogP contribution < -0.4 is 10.5 Å². The van der Waals surface area contributed by atoms with E-state index in [2.05, 4.69) is 0 Å². The second-order valence-electron chi connectivity index (χ2n) is 5.66. The van der Waals surface area contributed by atoms with E-state index in [-0.39, 0.29) is 11.8 Å². The molecule has 0 unspecified atom stereocenters. The number of hydrogen-bond donors (Lipinski definition) is 1. The molecular weight excluding hydrogens is 334 g/mol. The van der Waals surface area contributed by atoms with Gasteiger partial charge in [0.15, 0.2) is 9.84 Å². The Morgan fingerprint density at radius 3 is 2.22 bits per heavy atom. The molecule has 0 bridgehead atoms. The van der Waals surface area contributed by atoms with E-state index in [1.54, 1.807) is 31.4 Å². The summed E-state index contributed by atoms with van der Waals surface area (Å²) >= 11 is 5.84. The fraction of sp³-hybridized carbons (Fsp3) is 0.294. The predicted octanol–water partition coefficient (Wildman–Crippen LogP) is 2.86. The maximum atomic E-state index is 12.9. The first-order valence-corrected chi connectivity index (χ1v) is 9.25. The number of benzene rings is 2. The minimum atomic E-state index is -3.43. The van der Waals surface area contributed by atoms with Crippen LogP contribution in [0.4, 0.5) is 0 Å². The van der Waals surface area contributed by atoms with Gasteiger partial charge in [-0.1, -0.05) is 23.7 Å². The van der Waals surface area contributed by atoms with Crippen molar-refractivity contribution in [1.82, 2.24) is 0 Å². The van der Waals surface area contributed by atoms with Crippen LogP contribution in [0.1, 0.15) is 11.5 Å². The molecule has 122 valence electrons. The molecule has 1 saturated carbocycles. The van der Waals surface area contributed by atoms with Crippen molar-refractivity contribution in [2.24, 2.45) is 11.7 Å². The zero-order valence-electron chi connectivity index (χ0n) is 12.6. The van der Waals surface area contributed by atoms with E-state index in [9.17, 15) is 8.42 Å². The fourth-order valence-corrected chi connectivity index (χ4v) is 5.44. The lowest BCUT2D eigenvalue weighted by Gasteiger charge is -2.05. The maximum absolute atomic E-state index is 12.9. The first-order valence-electron chi connectivity index (χ1n) is 7.32. The Bertz CT molecular complexity index is 788. The second kappa shape index (κ2) is 6.15. The fourth-order valence-electron chi connectivity index (χ4n) is 3.09. The highest BCUT2D eigenvalue weighted by molar-refractivity contribution is 7.92. The Labute approximate surface area is 141 Å². The first kappa shape index (κ1) is 16.3. The van der Waals surface area contributed by atoms with Crippen LogP contribution in [0.15, 0.2) is 53.4 Å². The molecule has 0 amide bonds. The minimum absolute atomic E-state index is 0.0657. The third kappa shape index (κ3) is 2.96. The Kier molecular flexibility index (Phi) is 4.36. The summed E-state index contributed by atoms with van der Waals surface area (Å²) in [5, 5.41) is 0.0314. The third-order valence-electron chi connectivity index (χ3n) is 4.37. The van der Waals surface area contributed by atoms with E-state index in [0.717, 1.165) is 11.3 Å². The van der Waals surface area contributed by atoms with Crippen LogP contribution in [0.3, 0.4) is 0 Å². The summed E-state index contributed by atoms with van der Waals surface area (Å²) in [7, 11) is -1.83. The minimum Gasteiger partial charge on any atom is -0.497 e. The molecule has 2 aromatic rings. The van der Waals surface area contributed by atoms with Crippen molar-refractivity contribution in [2.75, 3.05) is 13.7 Å². The van der Waals surface area contributed by atoms with Crippen LogP contribution in [0.5, 0.6) is 5.75 Å². The van der Waals surface area contributed by atoms with Gasteiger partial charge in [-0.2, -0.15) is 0 Å². The Hall–Kier alpha value is -1.56. The highest BCUT2D eigenvalue weighted by Gasteiger charge is 2.57. The lowest BCUT2D eigenvalue weighted by Crippen LogP contribution is -2.13. The lowest BCUT2D eigenvalue weighted by molar-refractivity contribution is 0.414. The van der Waals surface area contributed by atoms with Gasteiger partial charge in [0, 0.05) is 10.9 Å². The highest BCUT2D eigenvalue weighted by Crippen LogP contribution is 2.53. The van der Waals surface area contributed by atoms with Gasteiger partial charge in [0.05, 0.1) is 17.3 Å². The van der Waals surface area contributed by atoms with Crippen molar-refractivity contribution >= 4 is 21.4 Å². The Balaban J connectivity index is 1.90. The van der Waals surface area contributed by atoms with E-state index >= 15 is 0 Å². The van der Waals surface area contributed by atoms with Crippen LogP contribution >= 0.6 is 11.6 Å². The molecule has 4 nitrogen and oxygen atoms in total. The van der Waals surface area contributed by atoms with E-state index in [1.807, 2.05) is 24.3 Å². The summed E-state index contributed by atoms with van der Waals surface area (Å²) in [5.41, 5.74) is 6.77. The number of ether oxygens (including phenoxy) is 1. The zero-order chi connectivity index (χ0) is 16.6. The van der Waals surface area contributed by atoms with Crippen LogP contribution in [0.25, 0.3) is 0 Å². The third-order valence-corrected chi connectivity index (χ3v) is 6.91. The largest absolute Gasteiger partial charge is 0.497 e. The molecule has 0 aromatic heterocycles. The summed E-state index contributed by atoms with van der Waals surface area (Å²) in [4.78, 5) is 0.293. The molecule has 3 atom stereocenters. The number of sulfone groups is 1. The van der Waals surface area contributed by atoms with Gasteiger partial charge in [-0.3, -0.25) is 0 Å². The molecule has 0 heterocycles. The molecule has 23 heavy (non-hydrogen) atoms. The number of rotatable bonds is 5. The number of hydrogen-bond acceptors (Lipinski definition) is 4. The van der Waals surface area contributed by atoms with Gasteiger partial charge in [0.2, 0.25) is 0 Å². The van der Waals surface area contributed by atoms with Gasteiger partial charge >= 0.3 is 0 Å². The smallest absolute Gasteiger partial charge is 0.182 e. The van der Waals surface area contributed by atoms with E-state index in [1.165, 1.54) is 0 Å². The number of halogens is 1.